The summed E-state index contributed by atoms with van der Waals surface area (Å²) in [6, 6.07) is 25.5. The van der Waals surface area contributed by atoms with Crippen molar-refractivity contribution in [2.24, 2.45) is 0 Å². The van der Waals surface area contributed by atoms with Crippen molar-refractivity contribution in [3.63, 3.8) is 0 Å². The van der Waals surface area contributed by atoms with Gasteiger partial charge in [0.2, 0.25) is 11.8 Å². The van der Waals surface area contributed by atoms with Crippen LogP contribution in [0.15, 0.2) is 84.9 Å². The summed E-state index contributed by atoms with van der Waals surface area (Å²) in [4.78, 5) is 42.1. The molecule has 0 spiro atoms. The summed E-state index contributed by atoms with van der Waals surface area (Å²) in [5, 5.41) is 12.5. The van der Waals surface area contributed by atoms with E-state index in [1.165, 1.54) is 4.90 Å². The molecule has 6 heteroatoms. The highest BCUT2D eigenvalue weighted by Gasteiger charge is 2.35. The van der Waals surface area contributed by atoms with E-state index in [1.807, 2.05) is 30.3 Å². The number of anilines is 1. The van der Waals surface area contributed by atoms with Crippen LogP contribution in [0.1, 0.15) is 66.1 Å². The zero-order chi connectivity index (χ0) is 25.3. The number of rotatable bonds is 8. The quantitative estimate of drug-likeness (QED) is 0.441. The predicted molar refractivity (Wildman–Crippen MR) is 138 cm³/mol. The van der Waals surface area contributed by atoms with Gasteiger partial charge in [-0.2, -0.15) is 5.26 Å². The van der Waals surface area contributed by atoms with E-state index >= 15 is 0 Å². The molecule has 1 unspecified atom stereocenters. The lowest BCUT2D eigenvalue weighted by molar-refractivity contribution is -0.127. The van der Waals surface area contributed by atoms with Gasteiger partial charge < -0.3 is 5.32 Å². The van der Waals surface area contributed by atoms with Crippen molar-refractivity contribution >= 4 is 23.3 Å². The van der Waals surface area contributed by atoms with Gasteiger partial charge in [0, 0.05) is 17.2 Å². The summed E-state index contributed by atoms with van der Waals surface area (Å²) in [6.45, 7) is 0. The number of amides is 2. The number of ketones is 1. The van der Waals surface area contributed by atoms with Gasteiger partial charge in [-0.1, -0.05) is 92.1 Å². The van der Waals surface area contributed by atoms with Crippen LogP contribution >= 0.6 is 0 Å². The van der Waals surface area contributed by atoms with E-state index in [4.69, 9.17) is 0 Å². The molecule has 0 radical (unpaired) electrons. The zero-order valence-corrected chi connectivity index (χ0v) is 20.1. The van der Waals surface area contributed by atoms with Gasteiger partial charge in [0.05, 0.1) is 11.8 Å². The molecule has 0 saturated heterocycles. The van der Waals surface area contributed by atoms with Gasteiger partial charge in [0.25, 0.3) is 0 Å². The van der Waals surface area contributed by atoms with Crippen LogP contribution in [-0.2, 0) is 9.59 Å². The van der Waals surface area contributed by atoms with Crippen LogP contribution in [0.25, 0.3) is 0 Å². The Morgan fingerprint density at radius 3 is 2.14 bits per heavy atom. The molecule has 6 nitrogen and oxygen atoms in total. The smallest absolute Gasteiger partial charge is 0.248 e. The Morgan fingerprint density at radius 2 is 1.47 bits per heavy atom. The van der Waals surface area contributed by atoms with E-state index in [0.29, 0.717) is 22.4 Å². The monoisotopic (exact) mass is 479 g/mol. The summed E-state index contributed by atoms with van der Waals surface area (Å²) in [7, 11) is 0. The van der Waals surface area contributed by atoms with E-state index in [1.54, 1.807) is 60.7 Å². The van der Waals surface area contributed by atoms with E-state index < -0.39 is 18.4 Å². The normalized spacial score (nSPS) is 14.3. The molecule has 0 aromatic heterocycles. The Kier molecular flexibility index (Phi) is 8.25. The molecule has 4 rings (SSSR count). The van der Waals surface area contributed by atoms with Crippen LogP contribution < -0.4 is 10.2 Å². The van der Waals surface area contributed by atoms with Crippen LogP contribution in [0.3, 0.4) is 0 Å². The second kappa shape index (κ2) is 11.9. The first-order valence-electron chi connectivity index (χ1n) is 12.3. The summed E-state index contributed by atoms with van der Waals surface area (Å²) < 4.78 is 0. The van der Waals surface area contributed by atoms with Gasteiger partial charge in [0.15, 0.2) is 5.78 Å². The number of nitrogens with one attached hydrogen (secondary N) is 1. The Morgan fingerprint density at radius 1 is 0.861 bits per heavy atom. The molecular formula is C30H29N3O3. The summed E-state index contributed by atoms with van der Waals surface area (Å²) in [5.41, 5.74) is 1.68. The molecular weight excluding hydrogens is 450 g/mol. The fraction of sp³-hybridized carbons (Fsp3) is 0.267. The molecule has 3 aromatic carbocycles. The van der Waals surface area contributed by atoms with Crippen molar-refractivity contribution < 1.29 is 14.4 Å². The molecule has 1 fully saturated rings. The molecule has 2 amide bonds. The van der Waals surface area contributed by atoms with Crippen LogP contribution in [0, 0.1) is 11.3 Å². The van der Waals surface area contributed by atoms with Gasteiger partial charge in [0.1, 0.15) is 12.5 Å². The van der Waals surface area contributed by atoms with E-state index in [9.17, 15) is 19.6 Å². The zero-order valence-electron chi connectivity index (χ0n) is 20.1. The molecule has 0 heterocycles. The van der Waals surface area contributed by atoms with E-state index in [0.717, 1.165) is 32.1 Å². The molecule has 36 heavy (non-hydrogen) atoms. The molecule has 182 valence electrons. The van der Waals surface area contributed by atoms with Crippen molar-refractivity contribution in [1.82, 2.24) is 5.32 Å². The lowest BCUT2D eigenvalue weighted by Gasteiger charge is -2.34. The van der Waals surface area contributed by atoms with Crippen molar-refractivity contribution in [2.75, 3.05) is 4.90 Å². The number of nitriles is 1. The molecule has 1 aliphatic rings. The van der Waals surface area contributed by atoms with Crippen LogP contribution in [0.2, 0.25) is 0 Å². The predicted octanol–water partition coefficient (Wildman–Crippen LogP) is 5.35. The van der Waals surface area contributed by atoms with Crippen molar-refractivity contribution in [3.05, 3.63) is 102 Å². The third-order valence-corrected chi connectivity index (χ3v) is 6.52. The van der Waals surface area contributed by atoms with E-state index in [2.05, 4.69) is 5.32 Å². The number of benzene rings is 3. The van der Waals surface area contributed by atoms with Crippen molar-refractivity contribution in [2.45, 2.75) is 50.6 Å². The third-order valence-electron chi connectivity index (χ3n) is 6.52. The standard InChI is InChI=1S/C30H29N3O3/c31-21-20-27(34)33(26-19-11-10-18-25(26)29(35)23-14-6-2-7-15-23)28(22-12-4-1-5-13-22)30(36)32-24-16-8-3-9-17-24/h1-2,4-7,10-15,18-19,24,28H,3,8-9,16-17,20H2,(H,32,36). The van der Waals surface area contributed by atoms with Crippen molar-refractivity contribution in [3.8, 4) is 6.07 Å². The second-order valence-corrected chi connectivity index (χ2v) is 8.97. The van der Waals surface area contributed by atoms with Crippen molar-refractivity contribution in [1.29, 1.82) is 5.26 Å². The number of hydrogen-bond donors (Lipinski definition) is 1. The topological polar surface area (TPSA) is 90.3 Å². The van der Waals surface area contributed by atoms with Gasteiger partial charge in [-0.05, 0) is 30.5 Å². The number of nitrogens with zero attached hydrogens (tertiary/aromatic N) is 2. The van der Waals surface area contributed by atoms with Gasteiger partial charge in [-0.25, -0.2) is 0 Å². The Bertz CT molecular complexity index is 1250. The fourth-order valence-electron chi connectivity index (χ4n) is 4.77. The Hall–Kier alpha value is -4.24. The maximum Gasteiger partial charge on any atom is 0.248 e. The third kappa shape index (κ3) is 5.69. The average molecular weight is 480 g/mol. The summed E-state index contributed by atoms with van der Waals surface area (Å²) >= 11 is 0. The first kappa shape index (κ1) is 24.9. The van der Waals surface area contributed by atoms with Crippen LogP contribution in [-0.4, -0.2) is 23.6 Å². The highest BCUT2D eigenvalue weighted by molar-refractivity contribution is 6.15. The highest BCUT2D eigenvalue weighted by atomic mass is 16.2. The number of hydrogen-bond acceptors (Lipinski definition) is 4. The lowest BCUT2D eigenvalue weighted by atomic mass is 9.94. The molecule has 1 aliphatic carbocycles. The van der Waals surface area contributed by atoms with Gasteiger partial charge in [-0.15, -0.1) is 0 Å². The maximum absolute atomic E-state index is 13.8. The average Bonchev–Trinajstić information content (AvgIpc) is 2.93. The fourth-order valence-corrected chi connectivity index (χ4v) is 4.77. The lowest BCUT2D eigenvalue weighted by Crippen LogP contribution is -2.47. The Balaban J connectivity index is 1.82. The minimum absolute atomic E-state index is 0.0339. The molecule has 1 N–H and O–H groups in total. The minimum atomic E-state index is -1.03. The number of para-hydroxylation sites is 1. The molecule has 3 aromatic rings. The highest BCUT2D eigenvalue weighted by Crippen LogP contribution is 2.33. The maximum atomic E-state index is 13.8. The Labute approximate surface area is 211 Å². The minimum Gasteiger partial charge on any atom is -0.351 e. The summed E-state index contributed by atoms with van der Waals surface area (Å²) in [5.74, 6) is -1.12. The van der Waals surface area contributed by atoms with Crippen LogP contribution in [0.4, 0.5) is 5.69 Å². The molecule has 1 saturated carbocycles. The number of carbonyl (C=O) groups excluding carboxylic acids is 3. The largest absolute Gasteiger partial charge is 0.351 e. The van der Waals surface area contributed by atoms with E-state index in [-0.39, 0.29) is 17.7 Å². The first-order valence-corrected chi connectivity index (χ1v) is 12.3. The first-order chi connectivity index (χ1) is 17.6. The molecule has 0 bridgehead atoms. The van der Waals surface area contributed by atoms with Crippen LogP contribution in [0.5, 0.6) is 0 Å². The SMILES string of the molecule is N#CCC(=O)N(c1ccccc1C(=O)c1ccccc1)C(C(=O)NC1CCCCC1)c1ccccc1. The molecule has 1 atom stereocenters. The summed E-state index contributed by atoms with van der Waals surface area (Å²) in [6.07, 6.45) is 4.61. The van der Waals surface area contributed by atoms with Gasteiger partial charge in [-0.3, -0.25) is 19.3 Å². The van der Waals surface area contributed by atoms with Gasteiger partial charge >= 0.3 is 0 Å². The molecule has 0 aliphatic heterocycles. The second-order valence-electron chi connectivity index (χ2n) is 8.97. The number of carbonyl (C=O) groups is 3.